The molecular weight excluding hydrogens is 244 g/mol. The van der Waals surface area contributed by atoms with Crippen molar-refractivity contribution in [2.75, 3.05) is 10.6 Å². The summed E-state index contributed by atoms with van der Waals surface area (Å²) in [6.07, 6.45) is 12.5. The van der Waals surface area contributed by atoms with Crippen LogP contribution >= 0.6 is 0 Å². The summed E-state index contributed by atoms with van der Waals surface area (Å²) < 4.78 is 0. The van der Waals surface area contributed by atoms with Crippen molar-refractivity contribution in [3.8, 4) is 0 Å². The molecule has 0 unspecified atom stereocenters. The van der Waals surface area contributed by atoms with Gasteiger partial charge in [0.25, 0.3) is 0 Å². The summed E-state index contributed by atoms with van der Waals surface area (Å²) >= 11 is 0. The van der Waals surface area contributed by atoms with E-state index in [1.54, 1.807) is 0 Å². The van der Waals surface area contributed by atoms with Crippen molar-refractivity contribution in [3.63, 3.8) is 0 Å². The second kappa shape index (κ2) is 4.98. The summed E-state index contributed by atoms with van der Waals surface area (Å²) in [5.74, 6) is 0.809. The molecule has 1 spiro atoms. The number of hydrogen-bond donors (Lipinski definition) is 2. The minimum Gasteiger partial charge on any atom is -0.380 e. The van der Waals surface area contributed by atoms with Gasteiger partial charge in [0.05, 0.1) is 11.4 Å². The van der Waals surface area contributed by atoms with Crippen LogP contribution in [0.15, 0.2) is 24.3 Å². The average Bonchev–Trinajstić information content (AvgIpc) is 2.63. The monoisotopic (exact) mass is 270 g/mol. The summed E-state index contributed by atoms with van der Waals surface area (Å²) in [6.45, 7) is 0. The van der Waals surface area contributed by atoms with Crippen molar-refractivity contribution >= 4 is 11.4 Å². The first-order chi connectivity index (χ1) is 9.87. The number of benzene rings is 1. The number of anilines is 2. The fourth-order valence-corrected chi connectivity index (χ4v) is 4.92. The van der Waals surface area contributed by atoms with Crippen LogP contribution in [0.2, 0.25) is 0 Å². The standard InChI is InChI=1S/C18H26N2/c1-6-12-18(13-7-1)14-8-2-3-9-15(14)19-16-10-4-5-11-17(16)20-18/h4-5,10-11,14-15,19-20H,1-3,6-9,12-13H2/t14-,15+/m1/s1. The van der Waals surface area contributed by atoms with Crippen molar-refractivity contribution in [3.05, 3.63) is 24.3 Å². The van der Waals surface area contributed by atoms with Gasteiger partial charge in [0.15, 0.2) is 0 Å². The highest BCUT2D eigenvalue weighted by molar-refractivity contribution is 5.71. The van der Waals surface area contributed by atoms with Gasteiger partial charge >= 0.3 is 0 Å². The topological polar surface area (TPSA) is 24.1 Å². The quantitative estimate of drug-likeness (QED) is 0.708. The van der Waals surface area contributed by atoms with E-state index in [1.165, 1.54) is 69.2 Å². The Morgan fingerprint density at radius 1 is 0.850 bits per heavy atom. The fourth-order valence-electron chi connectivity index (χ4n) is 4.92. The normalized spacial score (nSPS) is 31.4. The number of fused-ring (bicyclic) bond motifs is 3. The molecule has 4 rings (SSSR count). The van der Waals surface area contributed by atoms with Crippen LogP contribution in [0.1, 0.15) is 57.8 Å². The van der Waals surface area contributed by atoms with E-state index < -0.39 is 0 Å². The molecule has 0 saturated heterocycles. The molecule has 2 heteroatoms. The van der Waals surface area contributed by atoms with Gasteiger partial charge in [-0.3, -0.25) is 0 Å². The molecule has 1 heterocycles. The zero-order chi connectivity index (χ0) is 13.4. The predicted molar refractivity (Wildman–Crippen MR) is 85.2 cm³/mol. The zero-order valence-corrected chi connectivity index (χ0v) is 12.3. The Balaban J connectivity index is 1.76. The summed E-state index contributed by atoms with van der Waals surface area (Å²) in [5, 5.41) is 7.88. The smallest absolute Gasteiger partial charge is 0.0580 e. The molecule has 1 aliphatic heterocycles. The molecule has 20 heavy (non-hydrogen) atoms. The van der Waals surface area contributed by atoms with Crippen molar-refractivity contribution in [1.29, 1.82) is 0 Å². The Kier molecular flexibility index (Phi) is 3.13. The van der Waals surface area contributed by atoms with Crippen molar-refractivity contribution in [2.24, 2.45) is 5.92 Å². The van der Waals surface area contributed by atoms with E-state index >= 15 is 0 Å². The van der Waals surface area contributed by atoms with Crippen LogP contribution in [0, 0.1) is 5.92 Å². The van der Waals surface area contributed by atoms with Crippen LogP contribution in [0.25, 0.3) is 0 Å². The minimum atomic E-state index is 0.364. The van der Waals surface area contributed by atoms with Gasteiger partial charge in [-0.1, -0.05) is 44.2 Å². The zero-order valence-electron chi connectivity index (χ0n) is 12.3. The molecule has 2 aliphatic carbocycles. The van der Waals surface area contributed by atoms with Crippen LogP contribution in [0.3, 0.4) is 0 Å². The molecule has 108 valence electrons. The highest BCUT2D eigenvalue weighted by atomic mass is 15.1. The Labute approximate surface area is 122 Å². The summed E-state index contributed by atoms with van der Waals surface area (Å²) in [6, 6.07) is 9.51. The Morgan fingerprint density at radius 3 is 2.45 bits per heavy atom. The first kappa shape index (κ1) is 12.6. The third kappa shape index (κ3) is 2.01. The molecule has 0 radical (unpaired) electrons. The second-order valence-corrected chi connectivity index (χ2v) is 7.03. The molecule has 1 aromatic rings. The Hall–Kier alpha value is -1.18. The van der Waals surface area contributed by atoms with Gasteiger partial charge < -0.3 is 10.6 Å². The van der Waals surface area contributed by atoms with E-state index in [0.717, 1.165) is 5.92 Å². The third-order valence-electron chi connectivity index (χ3n) is 5.87. The van der Waals surface area contributed by atoms with Gasteiger partial charge in [-0.05, 0) is 37.8 Å². The summed E-state index contributed by atoms with van der Waals surface area (Å²) in [4.78, 5) is 0. The van der Waals surface area contributed by atoms with E-state index in [0.29, 0.717) is 11.6 Å². The molecule has 2 fully saturated rings. The molecule has 0 amide bonds. The number of para-hydroxylation sites is 2. The third-order valence-corrected chi connectivity index (χ3v) is 5.87. The lowest BCUT2D eigenvalue weighted by molar-refractivity contribution is 0.163. The summed E-state index contributed by atoms with van der Waals surface area (Å²) in [7, 11) is 0. The average molecular weight is 270 g/mol. The predicted octanol–water partition coefficient (Wildman–Crippen LogP) is 4.79. The van der Waals surface area contributed by atoms with Gasteiger partial charge in [0.2, 0.25) is 0 Å². The van der Waals surface area contributed by atoms with Crippen LogP contribution in [0.5, 0.6) is 0 Å². The van der Waals surface area contributed by atoms with Crippen LogP contribution in [-0.4, -0.2) is 11.6 Å². The molecule has 3 aliphatic rings. The second-order valence-electron chi connectivity index (χ2n) is 7.03. The van der Waals surface area contributed by atoms with Crippen LogP contribution in [0.4, 0.5) is 11.4 Å². The molecule has 0 bridgehead atoms. The van der Waals surface area contributed by atoms with E-state index in [-0.39, 0.29) is 0 Å². The molecular formula is C18H26N2. The first-order valence-electron chi connectivity index (χ1n) is 8.51. The van der Waals surface area contributed by atoms with Crippen molar-refractivity contribution in [2.45, 2.75) is 69.4 Å². The number of nitrogens with one attached hydrogen (secondary N) is 2. The van der Waals surface area contributed by atoms with Crippen molar-refractivity contribution < 1.29 is 0 Å². The molecule has 2 atom stereocenters. The lowest BCUT2D eigenvalue weighted by Crippen LogP contribution is -2.52. The van der Waals surface area contributed by atoms with Gasteiger partial charge in [-0.25, -0.2) is 0 Å². The van der Waals surface area contributed by atoms with Gasteiger partial charge in [0.1, 0.15) is 0 Å². The Bertz CT molecular complexity index is 476. The maximum absolute atomic E-state index is 4.01. The maximum Gasteiger partial charge on any atom is 0.0580 e. The minimum absolute atomic E-state index is 0.364. The van der Waals surface area contributed by atoms with Crippen molar-refractivity contribution in [1.82, 2.24) is 0 Å². The van der Waals surface area contributed by atoms with Gasteiger partial charge in [0, 0.05) is 17.5 Å². The number of hydrogen-bond acceptors (Lipinski definition) is 2. The largest absolute Gasteiger partial charge is 0.380 e. The lowest BCUT2D eigenvalue weighted by atomic mass is 9.65. The van der Waals surface area contributed by atoms with E-state index in [9.17, 15) is 0 Å². The molecule has 0 aromatic heterocycles. The highest BCUT2D eigenvalue weighted by Crippen LogP contribution is 2.47. The molecule has 2 nitrogen and oxygen atoms in total. The molecule has 1 aromatic carbocycles. The summed E-state index contributed by atoms with van der Waals surface area (Å²) in [5.41, 5.74) is 3.03. The van der Waals surface area contributed by atoms with E-state index in [4.69, 9.17) is 0 Å². The SMILES string of the molecule is c1ccc2c(c1)N[C@H]1CCCC[C@H]1C1(CCCCC1)N2. The molecule has 2 N–H and O–H groups in total. The molecule has 2 saturated carbocycles. The van der Waals surface area contributed by atoms with E-state index in [2.05, 4.69) is 34.9 Å². The maximum atomic E-state index is 4.01. The van der Waals surface area contributed by atoms with Gasteiger partial charge in [-0.15, -0.1) is 0 Å². The lowest BCUT2D eigenvalue weighted by Gasteiger charge is -2.48. The Morgan fingerprint density at radius 2 is 1.60 bits per heavy atom. The van der Waals surface area contributed by atoms with E-state index in [1.807, 2.05) is 0 Å². The fraction of sp³-hybridized carbons (Fsp3) is 0.667. The highest BCUT2D eigenvalue weighted by Gasteiger charge is 2.46. The van der Waals surface area contributed by atoms with Crippen LogP contribution < -0.4 is 10.6 Å². The van der Waals surface area contributed by atoms with Gasteiger partial charge in [-0.2, -0.15) is 0 Å². The van der Waals surface area contributed by atoms with Crippen LogP contribution in [-0.2, 0) is 0 Å². The first-order valence-corrected chi connectivity index (χ1v) is 8.51. The number of rotatable bonds is 0.